The van der Waals surface area contributed by atoms with Gasteiger partial charge in [-0.15, -0.1) is 0 Å². The first-order chi connectivity index (χ1) is 12.2. The summed E-state index contributed by atoms with van der Waals surface area (Å²) in [6.07, 6.45) is 0. The molecular weight excluding hydrogens is 324 g/mol. The molecule has 3 aromatic rings. The molecule has 0 fully saturated rings. The van der Waals surface area contributed by atoms with Crippen LogP contribution in [0.25, 0.3) is 0 Å². The standard InChI is InChI=1S/C22H18N2S/c1-24-20(17-11-5-2-6-12-17)23-21(25)22(24,18-13-7-3-8-14-18)19-15-9-4-10-16-19/h2-16H,1H3. The predicted molar refractivity (Wildman–Crippen MR) is 107 cm³/mol. The maximum atomic E-state index is 5.84. The molecule has 0 aromatic heterocycles. The zero-order valence-corrected chi connectivity index (χ0v) is 14.8. The molecule has 25 heavy (non-hydrogen) atoms. The Hall–Kier alpha value is -2.78. The van der Waals surface area contributed by atoms with E-state index in [0.717, 1.165) is 22.5 Å². The average Bonchev–Trinajstić information content (AvgIpc) is 2.95. The zero-order valence-electron chi connectivity index (χ0n) is 14.0. The summed E-state index contributed by atoms with van der Waals surface area (Å²) in [6.45, 7) is 0. The molecule has 122 valence electrons. The van der Waals surface area contributed by atoms with E-state index in [-0.39, 0.29) is 0 Å². The van der Waals surface area contributed by atoms with Crippen LogP contribution in [-0.4, -0.2) is 22.8 Å². The second-order valence-electron chi connectivity index (χ2n) is 6.11. The maximum absolute atomic E-state index is 5.84. The van der Waals surface area contributed by atoms with Gasteiger partial charge in [0.15, 0.2) is 0 Å². The van der Waals surface area contributed by atoms with E-state index in [0.29, 0.717) is 4.99 Å². The van der Waals surface area contributed by atoms with E-state index in [4.69, 9.17) is 17.2 Å². The van der Waals surface area contributed by atoms with Crippen LogP contribution in [0.5, 0.6) is 0 Å². The van der Waals surface area contributed by atoms with E-state index in [1.54, 1.807) is 0 Å². The monoisotopic (exact) mass is 342 g/mol. The van der Waals surface area contributed by atoms with Crippen molar-refractivity contribution in [1.29, 1.82) is 0 Å². The van der Waals surface area contributed by atoms with E-state index in [1.165, 1.54) is 0 Å². The van der Waals surface area contributed by atoms with Gasteiger partial charge >= 0.3 is 0 Å². The van der Waals surface area contributed by atoms with Gasteiger partial charge in [-0.3, -0.25) is 0 Å². The largest absolute Gasteiger partial charge is 0.339 e. The third-order valence-corrected chi connectivity index (χ3v) is 5.14. The molecule has 0 bridgehead atoms. The number of amidine groups is 1. The first-order valence-corrected chi connectivity index (χ1v) is 8.69. The van der Waals surface area contributed by atoms with Crippen molar-refractivity contribution in [1.82, 2.24) is 4.90 Å². The first kappa shape index (κ1) is 15.7. The maximum Gasteiger partial charge on any atom is 0.145 e. The second-order valence-corrected chi connectivity index (χ2v) is 6.49. The lowest BCUT2D eigenvalue weighted by Crippen LogP contribution is -2.47. The third-order valence-electron chi connectivity index (χ3n) is 4.75. The van der Waals surface area contributed by atoms with Gasteiger partial charge in [-0.2, -0.15) is 0 Å². The van der Waals surface area contributed by atoms with Crippen molar-refractivity contribution in [2.45, 2.75) is 5.54 Å². The quantitative estimate of drug-likeness (QED) is 0.644. The van der Waals surface area contributed by atoms with Crippen molar-refractivity contribution in [3.05, 3.63) is 108 Å². The lowest BCUT2D eigenvalue weighted by atomic mass is 9.82. The SMILES string of the molecule is CN1C(c2ccccc2)=NC(=S)C1(c1ccccc1)c1ccccc1. The molecule has 3 aromatic carbocycles. The van der Waals surface area contributed by atoms with Gasteiger partial charge in [0.1, 0.15) is 16.4 Å². The molecule has 3 heteroatoms. The van der Waals surface area contributed by atoms with E-state index < -0.39 is 5.54 Å². The van der Waals surface area contributed by atoms with Crippen molar-refractivity contribution < 1.29 is 0 Å². The Kier molecular flexibility index (Phi) is 3.94. The molecule has 0 radical (unpaired) electrons. The number of rotatable bonds is 3. The Labute approximate surface area is 153 Å². The Morgan fingerprint density at radius 3 is 1.64 bits per heavy atom. The van der Waals surface area contributed by atoms with Crippen LogP contribution < -0.4 is 0 Å². The number of likely N-dealkylation sites (N-methyl/N-ethyl adjacent to an activating group) is 1. The van der Waals surface area contributed by atoms with E-state index in [1.807, 2.05) is 30.3 Å². The third kappa shape index (κ3) is 2.39. The highest BCUT2D eigenvalue weighted by Crippen LogP contribution is 2.42. The molecule has 4 rings (SSSR count). The molecule has 1 heterocycles. The van der Waals surface area contributed by atoms with Gasteiger partial charge in [0.2, 0.25) is 0 Å². The Morgan fingerprint density at radius 2 is 1.16 bits per heavy atom. The second kappa shape index (κ2) is 6.26. The first-order valence-electron chi connectivity index (χ1n) is 8.28. The van der Waals surface area contributed by atoms with Gasteiger partial charge in [-0.05, 0) is 11.1 Å². The fourth-order valence-electron chi connectivity index (χ4n) is 3.56. The van der Waals surface area contributed by atoms with Gasteiger partial charge in [-0.1, -0.05) is 103 Å². The van der Waals surface area contributed by atoms with E-state index in [2.05, 4.69) is 72.6 Å². The summed E-state index contributed by atoms with van der Waals surface area (Å²) in [5.41, 5.74) is 2.76. The lowest BCUT2D eigenvalue weighted by Gasteiger charge is -2.38. The summed E-state index contributed by atoms with van der Waals surface area (Å²) in [5.74, 6) is 0.901. The molecule has 0 saturated carbocycles. The zero-order chi connectivity index (χ0) is 17.3. The number of aliphatic imine (C=N–C) groups is 1. The molecule has 1 aliphatic heterocycles. The molecule has 0 amide bonds. The summed E-state index contributed by atoms with van der Waals surface area (Å²) in [6, 6.07) is 31.0. The highest BCUT2D eigenvalue weighted by Gasteiger charge is 2.48. The van der Waals surface area contributed by atoms with Crippen molar-refractivity contribution >= 4 is 23.0 Å². The van der Waals surface area contributed by atoms with Gasteiger partial charge in [0.05, 0.1) is 0 Å². The van der Waals surface area contributed by atoms with Crippen molar-refractivity contribution in [3.63, 3.8) is 0 Å². The molecule has 0 saturated heterocycles. The highest BCUT2D eigenvalue weighted by atomic mass is 32.1. The average molecular weight is 342 g/mol. The number of hydrogen-bond acceptors (Lipinski definition) is 2. The summed E-state index contributed by atoms with van der Waals surface area (Å²) in [4.78, 5) is 7.70. The van der Waals surface area contributed by atoms with Gasteiger partial charge in [0, 0.05) is 12.6 Å². The van der Waals surface area contributed by atoms with Crippen LogP contribution in [0.1, 0.15) is 16.7 Å². The van der Waals surface area contributed by atoms with Gasteiger partial charge < -0.3 is 4.90 Å². The summed E-state index contributed by atoms with van der Waals surface area (Å²) in [5, 5.41) is 0. The molecule has 0 aliphatic carbocycles. The smallest absolute Gasteiger partial charge is 0.145 e. The van der Waals surface area contributed by atoms with Gasteiger partial charge in [0.25, 0.3) is 0 Å². The minimum Gasteiger partial charge on any atom is -0.339 e. The van der Waals surface area contributed by atoms with Gasteiger partial charge in [-0.25, -0.2) is 4.99 Å². The molecule has 2 nitrogen and oxygen atoms in total. The molecular formula is C22H18N2S. The van der Waals surface area contributed by atoms with Crippen LogP contribution >= 0.6 is 12.2 Å². The molecule has 1 aliphatic rings. The van der Waals surface area contributed by atoms with Crippen LogP contribution in [0, 0.1) is 0 Å². The number of nitrogens with zero attached hydrogens (tertiary/aromatic N) is 2. The minimum absolute atomic E-state index is 0.566. The summed E-state index contributed by atoms with van der Waals surface area (Å²) in [7, 11) is 2.07. The van der Waals surface area contributed by atoms with E-state index >= 15 is 0 Å². The van der Waals surface area contributed by atoms with Crippen molar-refractivity contribution in [2.24, 2.45) is 4.99 Å². The topological polar surface area (TPSA) is 15.6 Å². The minimum atomic E-state index is -0.566. The van der Waals surface area contributed by atoms with Crippen molar-refractivity contribution in [3.8, 4) is 0 Å². The molecule has 0 N–H and O–H groups in total. The fraction of sp³-hybridized carbons (Fsp3) is 0.0909. The number of thiocarbonyl (C=S) groups is 1. The summed E-state index contributed by atoms with van der Waals surface area (Å²) < 4.78 is 0. The van der Waals surface area contributed by atoms with Crippen LogP contribution in [0.4, 0.5) is 0 Å². The van der Waals surface area contributed by atoms with Crippen molar-refractivity contribution in [2.75, 3.05) is 7.05 Å². The normalized spacial score (nSPS) is 16.0. The van der Waals surface area contributed by atoms with Crippen LogP contribution in [0.3, 0.4) is 0 Å². The Balaban J connectivity index is 1.93. The Morgan fingerprint density at radius 1 is 0.720 bits per heavy atom. The highest BCUT2D eigenvalue weighted by molar-refractivity contribution is 7.80. The van der Waals surface area contributed by atoms with Crippen LogP contribution in [0.15, 0.2) is 96.0 Å². The molecule has 0 unspecified atom stereocenters. The fourth-order valence-corrected chi connectivity index (χ4v) is 4.02. The van der Waals surface area contributed by atoms with Crippen LogP contribution in [-0.2, 0) is 5.54 Å². The molecule has 0 spiro atoms. The van der Waals surface area contributed by atoms with Crippen LogP contribution in [0.2, 0.25) is 0 Å². The lowest BCUT2D eigenvalue weighted by molar-refractivity contribution is 0.372. The number of hydrogen-bond donors (Lipinski definition) is 0. The number of benzene rings is 3. The molecule has 0 atom stereocenters. The predicted octanol–water partition coefficient (Wildman–Crippen LogP) is 4.65. The Bertz CT molecular complexity index is 879. The summed E-state index contributed by atoms with van der Waals surface area (Å²) >= 11 is 5.84. The van der Waals surface area contributed by atoms with E-state index in [9.17, 15) is 0 Å².